The van der Waals surface area contributed by atoms with Gasteiger partial charge in [0.05, 0.1) is 62.7 Å². The van der Waals surface area contributed by atoms with Crippen molar-refractivity contribution in [3.8, 4) is 0 Å². The first kappa shape index (κ1) is 125. The molecule has 0 saturated heterocycles. The van der Waals surface area contributed by atoms with Crippen LogP contribution in [0.4, 0.5) is 0 Å². The molecule has 0 aromatic carbocycles. The topological polar surface area (TPSA) is 284 Å². The zero-order chi connectivity index (χ0) is 106. The Morgan fingerprint density at radius 2 is 0.469 bits per heavy atom. The van der Waals surface area contributed by atoms with Crippen LogP contribution >= 0.6 is 0 Å². The maximum Gasteiger partial charge on any atom is 0.159 e. The fraction of sp³-hybridized carbons (Fsp3) is 0.273. The number of aromatic nitrogens is 22. The number of pyridine rings is 22. The first-order valence-corrected chi connectivity index (χ1v) is 49.9. The van der Waals surface area contributed by atoms with Crippen LogP contribution in [-0.2, 0) is 0 Å². The highest BCUT2D eigenvalue weighted by Crippen LogP contribution is 2.19. The molecule has 0 radical (unpaired) electrons. The van der Waals surface area contributed by atoms with Gasteiger partial charge in [-0.1, -0.05) is 164 Å². The van der Waals surface area contributed by atoms with E-state index in [2.05, 4.69) is 140 Å². The second-order valence-electron chi connectivity index (χ2n) is 28.0. The number of aryl methyl sites for hydroxylation is 11. The summed E-state index contributed by atoms with van der Waals surface area (Å²) in [6, 6.07) is 59.8. The van der Waals surface area contributed by atoms with Gasteiger partial charge in [0.25, 0.3) is 0 Å². The number of hydrogen-bond acceptors (Lipinski definition) is 22. The average molecular weight is 1920 g/mol. The van der Waals surface area contributed by atoms with Crippen LogP contribution in [0.25, 0.3) is 120 Å². The highest BCUT2D eigenvalue weighted by molar-refractivity contribution is 5.84. The molecule has 0 bridgehead atoms. The lowest BCUT2D eigenvalue weighted by Crippen LogP contribution is -1.84. The minimum absolute atomic E-state index is 0.818. The molecule has 22 nitrogen and oxygen atoms in total. The minimum atomic E-state index is 0.818. The van der Waals surface area contributed by atoms with Crippen LogP contribution in [0.3, 0.4) is 0 Å². The Morgan fingerprint density at radius 3 is 1.06 bits per heavy atom. The third kappa shape index (κ3) is 46.7. The van der Waals surface area contributed by atoms with Crippen LogP contribution in [0.1, 0.15) is 214 Å². The summed E-state index contributed by atoms with van der Waals surface area (Å²) in [4.78, 5) is 91.2. The van der Waals surface area contributed by atoms with Crippen LogP contribution in [0.15, 0.2) is 337 Å². The molecule has 0 aliphatic rings. The lowest BCUT2D eigenvalue weighted by atomic mass is 10.2. The number of nitrogens with zero attached hydrogens (tertiary/aromatic N) is 22. The van der Waals surface area contributed by atoms with Crippen molar-refractivity contribution >= 4 is 120 Å². The fourth-order valence-electron chi connectivity index (χ4n) is 11.8. The van der Waals surface area contributed by atoms with E-state index in [0.717, 1.165) is 160 Å². The molecule has 0 unspecified atom stereocenters. The molecule has 22 heteroatoms. The van der Waals surface area contributed by atoms with Gasteiger partial charge in [0, 0.05) is 235 Å². The Balaban J connectivity index is 0.000000771. The molecule has 0 saturated carbocycles. The highest BCUT2D eigenvalue weighted by Gasteiger charge is 2.02. The van der Waals surface area contributed by atoms with Crippen molar-refractivity contribution in [2.24, 2.45) is 0 Å². The van der Waals surface area contributed by atoms with Gasteiger partial charge in [0.2, 0.25) is 0 Å². The van der Waals surface area contributed by atoms with Crippen molar-refractivity contribution in [1.29, 1.82) is 0 Å². The summed E-state index contributed by atoms with van der Waals surface area (Å²) in [7, 11) is 0. The van der Waals surface area contributed by atoms with Crippen molar-refractivity contribution < 1.29 is 0 Å². The normalized spacial score (nSPS) is 9.15. The molecule has 0 N–H and O–H groups in total. The van der Waals surface area contributed by atoms with Crippen LogP contribution in [0.2, 0.25) is 0 Å². The summed E-state index contributed by atoms with van der Waals surface area (Å²) in [5.74, 6) is 0. The van der Waals surface area contributed by atoms with E-state index in [1.807, 2.05) is 448 Å². The SMILES string of the molecule is CC.CC.CC.CC.CC.CC.CC.CC.CC.CC.CC.Cc1cc2cccnc2cn1.Cc1cc2ccncc2cn1.Cc1cc2cnccc2cn1.Cc1cc2ncccc2cn1.Cc1ccc2cccnc2n1.Cc1ccc2ccncc2n1.Cc1ccc2cnccc2n1.Cc1cnc2cccnc2c1.Cc1cnc2ccncc2c1.Cc1cnc2cnccc2c1.Cc1cnc2ncccc2c1. The minimum Gasteiger partial charge on any atom is -0.264 e. The molecule has 22 aromatic heterocycles. The van der Waals surface area contributed by atoms with Crippen molar-refractivity contribution in [2.45, 2.75) is 228 Å². The predicted molar refractivity (Wildman–Crippen MR) is 612 cm³/mol. The molecule has 0 spiro atoms. The zero-order valence-corrected chi connectivity index (χ0v) is 91.1. The molecule has 0 aliphatic heterocycles. The van der Waals surface area contributed by atoms with Crippen LogP contribution in [0.5, 0.6) is 0 Å². The molecule has 0 fully saturated rings. The maximum absolute atomic E-state index is 4.34. The van der Waals surface area contributed by atoms with E-state index in [1.165, 1.54) is 22.1 Å². The predicted octanol–water partition coefficient (Wildman–Crippen LogP) is 32.6. The summed E-state index contributed by atoms with van der Waals surface area (Å²) in [6.07, 6.45) is 45.1. The van der Waals surface area contributed by atoms with Crippen molar-refractivity contribution in [3.63, 3.8) is 0 Å². The number of hydrogen-bond donors (Lipinski definition) is 0. The summed E-state index contributed by atoms with van der Waals surface area (Å²) in [5.41, 5.74) is 21.4. The molecule has 22 aromatic rings. The molecular weight excluding hydrogens is 1760 g/mol. The van der Waals surface area contributed by atoms with E-state index in [0.29, 0.717) is 0 Å². The van der Waals surface area contributed by atoms with E-state index in [-0.39, 0.29) is 0 Å². The third-order valence-electron chi connectivity index (χ3n) is 17.9. The van der Waals surface area contributed by atoms with Gasteiger partial charge in [0.15, 0.2) is 11.3 Å². The van der Waals surface area contributed by atoms with Crippen LogP contribution in [0, 0.1) is 76.2 Å². The lowest BCUT2D eigenvalue weighted by molar-refractivity contribution is 1.20. The van der Waals surface area contributed by atoms with Crippen molar-refractivity contribution in [3.05, 3.63) is 399 Å². The Morgan fingerprint density at radius 1 is 0.133 bits per heavy atom. The second-order valence-corrected chi connectivity index (χ2v) is 28.0. The van der Waals surface area contributed by atoms with Gasteiger partial charge in [-0.3, -0.25) is 89.7 Å². The van der Waals surface area contributed by atoms with E-state index >= 15 is 0 Å². The van der Waals surface area contributed by atoms with E-state index in [9.17, 15) is 0 Å². The quantitative estimate of drug-likeness (QED) is 0.136. The van der Waals surface area contributed by atoms with Gasteiger partial charge < -0.3 is 0 Å². The fourth-order valence-corrected chi connectivity index (χ4v) is 11.8. The monoisotopic (exact) mass is 1920 g/mol. The van der Waals surface area contributed by atoms with Gasteiger partial charge in [0.1, 0.15) is 0 Å². The smallest absolute Gasteiger partial charge is 0.159 e. The Kier molecular flexibility index (Phi) is 67.4. The summed E-state index contributed by atoms with van der Waals surface area (Å²) >= 11 is 0. The van der Waals surface area contributed by atoms with Crippen molar-refractivity contribution in [2.75, 3.05) is 0 Å². The third-order valence-corrected chi connectivity index (χ3v) is 17.9. The van der Waals surface area contributed by atoms with Gasteiger partial charge in [-0.25, -0.2) is 19.9 Å². The van der Waals surface area contributed by atoms with Gasteiger partial charge >= 0.3 is 0 Å². The largest absolute Gasteiger partial charge is 0.264 e. The summed E-state index contributed by atoms with van der Waals surface area (Å²) < 4.78 is 0. The Bertz CT molecular complexity index is 5680. The van der Waals surface area contributed by atoms with E-state index in [1.54, 1.807) is 86.8 Å². The number of fused-ring (bicyclic) bond motifs is 11. The summed E-state index contributed by atoms with van der Waals surface area (Å²) in [6.45, 7) is 65.9. The van der Waals surface area contributed by atoms with E-state index in [4.69, 9.17) is 0 Å². The molecule has 0 amide bonds. The number of rotatable bonds is 0. The van der Waals surface area contributed by atoms with Gasteiger partial charge in [-0.05, 0) is 274 Å². The molecular formula is C121H154N22. The first-order chi connectivity index (χ1) is 70.0. The van der Waals surface area contributed by atoms with Crippen molar-refractivity contribution in [1.82, 2.24) is 110 Å². The second kappa shape index (κ2) is 77.0. The zero-order valence-electron chi connectivity index (χ0n) is 91.1. The molecule has 22 heterocycles. The van der Waals surface area contributed by atoms with Crippen LogP contribution < -0.4 is 0 Å². The van der Waals surface area contributed by atoms with E-state index < -0.39 is 0 Å². The van der Waals surface area contributed by atoms with Gasteiger partial charge in [-0.2, -0.15) is 0 Å². The molecule has 0 aliphatic carbocycles. The molecule has 22 rings (SSSR count). The highest BCUT2D eigenvalue weighted by atomic mass is 14.8. The van der Waals surface area contributed by atoms with Crippen LogP contribution in [-0.4, -0.2) is 110 Å². The Labute approximate surface area is 851 Å². The first-order valence-electron chi connectivity index (χ1n) is 49.9. The average Bonchev–Trinajstić information content (AvgIpc) is 0.929. The van der Waals surface area contributed by atoms with Gasteiger partial charge in [-0.15, -0.1) is 0 Å². The lowest BCUT2D eigenvalue weighted by Gasteiger charge is -1.95. The maximum atomic E-state index is 4.34. The standard InChI is InChI=1S/11C9H8N2.11C2H6/c1-7-4-9-5-10-3-2-8(9)6-11-7;1-7-4-8-2-3-10-5-9(8)6-11-7;1-7-4-8-6-10-3-2-9(8)11-5-7;1-7-4-8-2-3-10-6-9(8)11-5-7;1-7-2-3-8-6-10-5-4-9(8)11-7;1-7-2-3-8-4-5-10-6-9(8)11-7;1-7-4-5-8-3-2-6-10-9(8)11-7;1-7-5-9-8(6-11-7)3-2-4-10-9;1-7-5-8-3-2-4-10-9(8)6-11-7;1-7-5-9-8(11-6-7)3-2-4-10-9;1-7-5-8-3-2-4-10-9(8)11-6-7;11*1-2/h11*2-6H,1H3;11*1-2H3. The molecule has 143 heavy (non-hydrogen) atoms. The molecule has 0 atom stereocenters. The Hall–Kier alpha value is -15.8. The molecule has 748 valence electrons. The summed E-state index contributed by atoms with van der Waals surface area (Å²) in [5, 5.41) is 13.5.